The van der Waals surface area contributed by atoms with Crippen molar-refractivity contribution >= 4 is 27.4 Å². The molecule has 0 bridgehead atoms. The third-order valence-electron chi connectivity index (χ3n) is 4.79. The standard InChI is InChI=1S/C18H24N2O7S/c1-3-27-17(21)11-28(25,26)16-9-8-13(10-15(16)20(23)24)18(22)19-14-7-5-4-6-12(14)2/h8-10,12,14H,3-7,11H2,1-2H3,(H,19,22)/t12-,14+/m1/s1. The Hall–Kier alpha value is -2.49. The Kier molecular flexibility index (Phi) is 7.11. The fraction of sp³-hybridized carbons (Fsp3) is 0.556. The summed E-state index contributed by atoms with van der Waals surface area (Å²) in [4.78, 5) is 33.9. The van der Waals surface area contributed by atoms with E-state index in [1.807, 2.05) is 6.92 Å². The van der Waals surface area contributed by atoms with Crippen LogP contribution in [0.3, 0.4) is 0 Å². The highest BCUT2D eigenvalue weighted by molar-refractivity contribution is 7.92. The van der Waals surface area contributed by atoms with Gasteiger partial charge in [-0.25, -0.2) is 8.42 Å². The monoisotopic (exact) mass is 412 g/mol. The highest BCUT2D eigenvalue weighted by Gasteiger charge is 2.30. The van der Waals surface area contributed by atoms with E-state index in [1.54, 1.807) is 0 Å². The fourth-order valence-electron chi connectivity index (χ4n) is 3.28. The van der Waals surface area contributed by atoms with E-state index in [9.17, 15) is 28.1 Å². The summed E-state index contributed by atoms with van der Waals surface area (Å²) in [5.74, 6) is -2.19. The third kappa shape index (κ3) is 5.28. The lowest BCUT2D eigenvalue weighted by Crippen LogP contribution is -2.41. The van der Waals surface area contributed by atoms with Gasteiger partial charge in [-0.2, -0.15) is 0 Å². The summed E-state index contributed by atoms with van der Waals surface area (Å²) < 4.78 is 29.4. The summed E-state index contributed by atoms with van der Waals surface area (Å²) in [5.41, 5.74) is -0.742. The van der Waals surface area contributed by atoms with E-state index in [0.717, 1.165) is 37.8 Å². The van der Waals surface area contributed by atoms with Crippen LogP contribution in [0.2, 0.25) is 0 Å². The number of nitro benzene ring substituents is 1. The summed E-state index contributed by atoms with van der Waals surface area (Å²) >= 11 is 0. The molecule has 0 aliphatic heterocycles. The number of nitrogens with one attached hydrogen (secondary N) is 1. The van der Waals surface area contributed by atoms with E-state index < -0.39 is 43.0 Å². The lowest BCUT2D eigenvalue weighted by atomic mass is 9.86. The Morgan fingerprint density at radius 2 is 1.96 bits per heavy atom. The lowest BCUT2D eigenvalue weighted by molar-refractivity contribution is -0.387. The normalized spacial score (nSPS) is 19.6. The number of carbonyl (C=O) groups excluding carboxylic acids is 2. The van der Waals surface area contributed by atoms with Crippen molar-refractivity contribution in [3.05, 3.63) is 33.9 Å². The first-order valence-corrected chi connectivity index (χ1v) is 10.8. The van der Waals surface area contributed by atoms with E-state index >= 15 is 0 Å². The Labute approximate surface area is 163 Å². The molecule has 1 saturated carbocycles. The fourth-order valence-corrected chi connectivity index (χ4v) is 4.56. The number of hydrogen-bond acceptors (Lipinski definition) is 7. The number of esters is 1. The zero-order valence-electron chi connectivity index (χ0n) is 15.8. The van der Waals surface area contributed by atoms with Gasteiger partial charge in [-0.3, -0.25) is 19.7 Å². The third-order valence-corrected chi connectivity index (χ3v) is 6.43. The molecule has 2 rings (SSSR count). The second-order valence-electron chi connectivity index (χ2n) is 6.85. The van der Waals surface area contributed by atoms with Gasteiger partial charge < -0.3 is 10.1 Å². The summed E-state index contributed by atoms with van der Waals surface area (Å²) in [6.07, 6.45) is 3.93. The Balaban J connectivity index is 2.28. The van der Waals surface area contributed by atoms with Crippen LogP contribution in [0.1, 0.15) is 49.9 Å². The van der Waals surface area contributed by atoms with Gasteiger partial charge in [0.15, 0.2) is 15.6 Å². The van der Waals surface area contributed by atoms with Crippen LogP contribution >= 0.6 is 0 Å². The summed E-state index contributed by atoms with van der Waals surface area (Å²) in [7, 11) is -4.28. The number of nitro groups is 1. The molecule has 0 aromatic heterocycles. The molecule has 1 N–H and O–H groups in total. The van der Waals surface area contributed by atoms with Crippen molar-refractivity contribution in [1.29, 1.82) is 0 Å². The Bertz CT molecular complexity index is 867. The van der Waals surface area contributed by atoms with Crippen LogP contribution in [0.5, 0.6) is 0 Å². The number of rotatable bonds is 7. The second-order valence-corrected chi connectivity index (χ2v) is 8.80. The molecule has 0 radical (unpaired) electrons. The first-order valence-electron chi connectivity index (χ1n) is 9.13. The molecule has 1 aliphatic carbocycles. The molecule has 2 atom stereocenters. The zero-order valence-corrected chi connectivity index (χ0v) is 16.7. The van der Waals surface area contributed by atoms with Crippen LogP contribution < -0.4 is 5.32 Å². The van der Waals surface area contributed by atoms with Crippen LogP contribution in [-0.4, -0.2) is 43.6 Å². The molecule has 0 saturated heterocycles. The molecule has 154 valence electrons. The second kappa shape index (κ2) is 9.13. The van der Waals surface area contributed by atoms with E-state index in [0.29, 0.717) is 5.92 Å². The maximum absolute atomic E-state index is 12.5. The van der Waals surface area contributed by atoms with Gasteiger partial charge in [0, 0.05) is 17.7 Å². The minimum absolute atomic E-state index is 0.000409. The molecule has 28 heavy (non-hydrogen) atoms. The number of sulfone groups is 1. The number of benzene rings is 1. The largest absolute Gasteiger partial charge is 0.465 e. The van der Waals surface area contributed by atoms with Crippen LogP contribution in [-0.2, 0) is 19.4 Å². The molecule has 1 fully saturated rings. The van der Waals surface area contributed by atoms with Crippen LogP contribution in [0.4, 0.5) is 5.69 Å². The highest BCUT2D eigenvalue weighted by Crippen LogP contribution is 2.27. The van der Waals surface area contributed by atoms with Crippen LogP contribution in [0.25, 0.3) is 0 Å². The molecule has 0 heterocycles. The summed E-state index contributed by atoms with van der Waals surface area (Å²) in [5, 5.41) is 14.3. The molecule has 1 aromatic carbocycles. The van der Waals surface area contributed by atoms with E-state index in [4.69, 9.17) is 0 Å². The Morgan fingerprint density at radius 3 is 2.57 bits per heavy atom. The average Bonchev–Trinajstić information content (AvgIpc) is 2.62. The average molecular weight is 412 g/mol. The van der Waals surface area contributed by atoms with Gasteiger partial charge in [0.1, 0.15) is 4.90 Å². The SMILES string of the molecule is CCOC(=O)CS(=O)(=O)c1ccc(C(=O)N[C@H]2CCCC[C@H]2C)cc1[N+](=O)[O-]. The molecule has 1 aliphatic rings. The molecule has 1 amide bonds. The molecule has 9 nitrogen and oxygen atoms in total. The topological polar surface area (TPSA) is 133 Å². The maximum Gasteiger partial charge on any atom is 0.321 e. The minimum Gasteiger partial charge on any atom is -0.465 e. The van der Waals surface area contributed by atoms with Gasteiger partial charge in [-0.05, 0) is 37.8 Å². The number of carbonyl (C=O) groups is 2. The minimum atomic E-state index is -4.28. The van der Waals surface area contributed by atoms with Crippen molar-refractivity contribution in [2.45, 2.75) is 50.5 Å². The first-order chi connectivity index (χ1) is 13.2. The molecular weight excluding hydrogens is 388 g/mol. The summed E-state index contributed by atoms with van der Waals surface area (Å²) in [6, 6.07) is 3.12. The van der Waals surface area contributed by atoms with E-state index in [2.05, 4.69) is 10.1 Å². The van der Waals surface area contributed by atoms with Gasteiger partial charge in [0.25, 0.3) is 11.6 Å². The Morgan fingerprint density at radius 1 is 1.29 bits per heavy atom. The zero-order chi connectivity index (χ0) is 20.9. The number of hydrogen-bond donors (Lipinski definition) is 1. The predicted molar refractivity (Wildman–Crippen MR) is 101 cm³/mol. The quantitative estimate of drug-likeness (QED) is 0.412. The molecule has 10 heteroatoms. The molecular formula is C18H24N2O7S. The number of ether oxygens (including phenoxy) is 1. The highest BCUT2D eigenvalue weighted by atomic mass is 32.2. The van der Waals surface area contributed by atoms with Crippen molar-refractivity contribution in [2.75, 3.05) is 12.4 Å². The smallest absolute Gasteiger partial charge is 0.321 e. The number of nitrogens with zero attached hydrogens (tertiary/aromatic N) is 1. The van der Waals surface area contributed by atoms with Crippen molar-refractivity contribution < 1.29 is 27.7 Å². The predicted octanol–water partition coefficient (Wildman–Crippen LogP) is 2.24. The van der Waals surface area contributed by atoms with Gasteiger partial charge in [0.05, 0.1) is 11.5 Å². The van der Waals surface area contributed by atoms with Crippen LogP contribution in [0.15, 0.2) is 23.1 Å². The van der Waals surface area contributed by atoms with Crippen molar-refractivity contribution in [1.82, 2.24) is 5.32 Å². The van der Waals surface area contributed by atoms with Gasteiger partial charge >= 0.3 is 5.97 Å². The van der Waals surface area contributed by atoms with Gasteiger partial charge in [0.2, 0.25) is 0 Å². The number of amides is 1. The van der Waals surface area contributed by atoms with Gasteiger partial charge in [-0.1, -0.05) is 19.8 Å². The van der Waals surface area contributed by atoms with E-state index in [-0.39, 0.29) is 18.2 Å². The van der Waals surface area contributed by atoms with Crippen molar-refractivity contribution in [2.24, 2.45) is 5.92 Å². The molecule has 0 spiro atoms. The van der Waals surface area contributed by atoms with Gasteiger partial charge in [-0.15, -0.1) is 0 Å². The van der Waals surface area contributed by atoms with E-state index in [1.165, 1.54) is 13.0 Å². The van der Waals surface area contributed by atoms with Crippen LogP contribution in [0, 0.1) is 16.0 Å². The molecule has 1 aromatic rings. The van der Waals surface area contributed by atoms with Crippen molar-refractivity contribution in [3.8, 4) is 0 Å². The summed E-state index contributed by atoms with van der Waals surface area (Å²) in [6.45, 7) is 3.56. The molecule has 0 unspecified atom stereocenters. The van der Waals surface area contributed by atoms with Crippen molar-refractivity contribution in [3.63, 3.8) is 0 Å². The maximum atomic E-state index is 12.5. The lowest BCUT2D eigenvalue weighted by Gasteiger charge is -2.29. The first kappa shape index (κ1) is 21.8.